The van der Waals surface area contributed by atoms with Gasteiger partial charge in [-0.2, -0.15) is 0 Å². The Morgan fingerprint density at radius 1 is 1.52 bits per heavy atom. The highest BCUT2D eigenvalue weighted by molar-refractivity contribution is 7.91. The van der Waals surface area contributed by atoms with Crippen molar-refractivity contribution in [2.24, 2.45) is 10.9 Å². The summed E-state index contributed by atoms with van der Waals surface area (Å²) in [5.41, 5.74) is 6.90. The van der Waals surface area contributed by atoms with Gasteiger partial charge in [0.2, 0.25) is 0 Å². The van der Waals surface area contributed by atoms with Gasteiger partial charge in [-0.3, -0.25) is 0 Å². The van der Waals surface area contributed by atoms with Crippen LogP contribution in [0.4, 0.5) is 5.69 Å². The zero-order chi connectivity index (χ0) is 15.6. The number of amidine groups is 1. The van der Waals surface area contributed by atoms with Gasteiger partial charge < -0.3 is 20.6 Å². The predicted octanol–water partition coefficient (Wildman–Crippen LogP) is 0.413. The van der Waals surface area contributed by atoms with Crippen molar-refractivity contribution in [2.75, 3.05) is 30.6 Å². The second kappa shape index (κ2) is 5.80. The van der Waals surface area contributed by atoms with E-state index in [0.717, 1.165) is 0 Å². The third kappa shape index (κ3) is 3.21. The maximum Gasteiger partial charge on any atom is 0.172 e. The average Bonchev–Trinajstić information content (AvgIpc) is 2.85. The molecule has 0 aliphatic carbocycles. The Kier molecular flexibility index (Phi) is 4.26. The highest BCUT2D eigenvalue weighted by atomic mass is 32.2. The summed E-state index contributed by atoms with van der Waals surface area (Å²) in [6.45, 7) is 0. The summed E-state index contributed by atoms with van der Waals surface area (Å²) < 4.78 is 28.5. The molecule has 1 heterocycles. The number of sulfone groups is 1. The van der Waals surface area contributed by atoms with Crippen LogP contribution >= 0.6 is 0 Å². The van der Waals surface area contributed by atoms with Gasteiger partial charge in [-0.25, -0.2) is 8.42 Å². The fourth-order valence-corrected chi connectivity index (χ4v) is 4.25. The van der Waals surface area contributed by atoms with E-state index in [4.69, 9.17) is 15.7 Å². The molecule has 2 rings (SSSR count). The predicted molar refractivity (Wildman–Crippen MR) is 81.0 cm³/mol. The van der Waals surface area contributed by atoms with Crippen LogP contribution in [0.15, 0.2) is 23.4 Å². The molecular weight excluding hydrogens is 294 g/mol. The second-order valence-electron chi connectivity index (χ2n) is 5.04. The number of methoxy groups -OCH3 is 1. The van der Waals surface area contributed by atoms with Crippen molar-refractivity contribution in [3.8, 4) is 5.75 Å². The number of ether oxygens (including phenoxy) is 1. The van der Waals surface area contributed by atoms with Gasteiger partial charge in [0, 0.05) is 24.7 Å². The second-order valence-corrected chi connectivity index (χ2v) is 7.26. The van der Waals surface area contributed by atoms with Crippen LogP contribution in [-0.2, 0) is 9.84 Å². The SMILES string of the molecule is COc1ccc(/C(N)=N/O)c(N(C)C2CCS(=O)(=O)C2)c1. The summed E-state index contributed by atoms with van der Waals surface area (Å²) in [4.78, 5) is 1.85. The van der Waals surface area contributed by atoms with Crippen LogP contribution in [-0.4, -0.2) is 51.2 Å². The summed E-state index contributed by atoms with van der Waals surface area (Å²) in [5, 5.41) is 11.9. The van der Waals surface area contributed by atoms with Crippen molar-refractivity contribution in [1.29, 1.82) is 0 Å². The van der Waals surface area contributed by atoms with E-state index in [9.17, 15) is 8.42 Å². The lowest BCUT2D eigenvalue weighted by atomic mass is 10.1. The number of nitrogens with two attached hydrogens (primary N) is 1. The van der Waals surface area contributed by atoms with Gasteiger partial charge in [-0.1, -0.05) is 5.16 Å². The van der Waals surface area contributed by atoms with Crippen LogP contribution in [0, 0.1) is 0 Å². The third-order valence-electron chi connectivity index (χ3n) is 3.72. The number of hydrogen-bond acceptors (Lipinski definition) is 6. The van der Waals surface area contributed by atoms with Crippen molar-refractivity contribution in [3.05, 3.63) is 23.8 Å². The number of anilines is 1. The highest BCUT2D eigenvalue weighted by Crippen LogP contribution is 2.29. The molecule has 0 amide bonds. The minimum atomic E-state index is -2.99. The fourth-order valence-electron chi connectivity index (χ4n) is 2.48. The van der Waals surface area contributed by atoms with E-state index in [1.807, 2.05) is 4.90 Å². The number of benzene rings is 1. The quantitative estimate of drug-likeness (QED) is 0.361. The van der Waals surface area contributed by atoms with Gasteiger partial charge in [0.15, 0.2) is 15.7 Å². The zero-order valence-electron chi connectivity index (χ0n) is 12.0. The minimum absolute atomic E-state index is 0.0274. The van der Waals surface area contributed by atoms with Crippen LogP contribution < -0.4 is 15.4 Å². The van der Waals surface area contributed by atoms with E-state index in [1.165, 1.54) is 0 Å². The van der Waals surface area contributed by atoms with Crippen LogP contribution in [0.2, 0.25) is 0 Å². The summed E-state index contributed by atoms with van der Waals surface area (Å²) in [5.74, 6) is 0.883. The van der Waals surface area contributed by atoms with E-state index >= 15 is 0 Å². The van der Waals surface area contributed by atoms with Crippen LogP contribution in [0.3, 0.4) is 0 Å². The van der Waals surface area contributed by atoms with Crippen molar-refractivity contribution in [2.45, 2.75) is 12.5 Å². The molecule has 1 aliphatic rings. The number of oxime groups is 1. The molecule has 0 aromatic heterocycles. The lowest BCUT2D eigenvalue weighted by Gasteiger charge is -2.28. The van der Waals surface area contributed by atoms with E-state index in [1.54, 1.807) is 32.4 Å². The Morgan fingerprint density at radius 3 is 2.76 bits per heavy atom. The number of nitrogens with zero attached hydrogens (tertiary/aromatic N) is 2. The first kappa shape index (κ1) is 15.4. The molecule has 7 nitrogen and oxygen atoms in total. The molecule has 1 aromatic carbocycles. The maximum absolute atomic E-state index is 11.6. The third-order valence-corrected chi connectivity index (χ3v) is 5.48. The largest absolute Gasteiger partial charge is 0.497 e. The average molecular weight is 313 g/mol. The van der Waals surface area contributed by atoms with Gasteiger partial charge in [0.1, 0.15) is 5.75 Å². The van der Waals surface area contributed by atoms with Crippen molar-refractivity contribution >= 4 is 21.4 Å². The smallest absolute Gasteiger partial charge is 0.172 e. The molecule has 1 atom stereocenters. The summed E-state index contributed by atoms with van der Waals surface area (Å²) in [6, 6.07) is 5.00. The fraction of sp³-hybridized carbons (Fsp3) is 0.462. The lowest BCUT2D eigenvalue weighted by molar-refractivity contribution is 0.318. The van der Waals surface area contributed by atoms with Crippen molar-refractivity contribution in [1.82, 2.24) is 0 Å². The molecule has 116 valence electrons. The van der Waals surface area contributed by atoms with E-state index in [-0.39, 0.29) is 23.4 Å². The molecule has 1 saturated heterocycles. The summed E-state index contributed by atoms with van der Waals surface area (Å²) >= 11 is 0. The van der Waals surface area contributed by atoms with Crippen molar-refractivity contribution < 1.29 is 18.4 Å². The molecule has 1 aliphatic heterocycles. The topological polar surface area (TPSA) is 105 Å². The van der Waals surface area contributed by atoms with Gasteiger partial charge >= 0.3 is 0 Å². The molecule has 1 aromatic rings. The molecule has 1 unspecified atom stereocenters. The molecule has 0 spiro atoms. The van der Waals surface area contributed by atoms with Crippen LogP contribution in [0.25, 0.3) is 0 Å². The Labute approximate surface area is 123 Å². The van der Waals surface area contributed by atoms with Crippen LogP contribution in [0.5, 0.6) is 5.75 Å². The van der Waals surface area contributed by atoms with Gasteiger partial charge in [0.25, 0.3) is 0 Å². The molecule has 21 heavy (non-hydrogen) atoms. The van der Waals surface area contributed by atoms with Crippen LogP contribution in [0.1, 0.15) is 12.0 Å². The van der Waals surface area contributed by atoms with Gasteiger partial charge in [-0.05, 0) is 18.6 Å². The molecule has 0 radical (unpaired) electrons. The minimum Gasteiger partial charge on any atom is -0.497 e. The standard InChI is InChI=1S/C13H19N3O4S/c1-16(9-5-6-21(18,19)8-9)12-7-10(20-2)3-4-11(12)13(14)15-17/h3-4,7,9,17H,5-6,8H2,1-2H3,(H2,14,15). The zero-order valence-corrected chi connectivity index (χ0v) is 12.8. The molecule has 1 fully saturated rings. The maximum atomic E-state index is 11.6. The van der Waals surface area contributed by atoms with E-state index < -0.39 is 9.84 Å². The first-order valence-corrected chi connectivity index (χ1v) is 8.29. The Balaban J connectivity index is 2.41. The Bertz CT molecular complexity index is 657. The van der Waals surface area contributed by atoms with E-state index in [0.29, 0.717) is 23.4 Å². The Hall–Kier alpha value is -1.96. The van der Waals surface area contributed by atoms with Gasteiger partial charge in [-0.15, -0.1) is 0 Å². The van der Waals surface area contributed by atoms with Crippen molar-refractivity contribution in [3.63, 3.8) is 0 Å². The number of rotatable bonds is 4. The molecular formula is C13H19N3O4S. The van der Waals surface area contributed by atoms with Gasteiger partial charge in [0.05, 0.1) is 24.3 Å². The lowest BCUT2D eigenvalue weighted by Crippen LogP contribution is -2.34. The Morgan fingerprint density at radius 2 is 2.24 bits per heavy atom. The molecule has 0 bridgehead atoms. The molecule has 0 saturated carbocycles. The first-order chi connectivity index (χ1) is 9.88. The first-order valence-electron chi connectivity index (χ1n) is 6.47. The summed E-state index contributed by atoms with van der Waals surface area (Å²) in [7, 11) is 0.357. The molecule has 8 heteroatoms. The molecule has 3 N–H and O–H groups in total. The monoisotopic (exact) mass is 313 g/mol. The summed E-state index contributed by atoms with van der Waals surface area (Å²) in [6.07, 6.45) is 0.561. The van der Waals surface area contributed by atoms with E-state index in [2.05, 4.69) is 5.16 Å². The normalized spacial score (nSPS) is 21.2. The number of hydrogen-bond donors (Lipinski definition) is 2. The highest BCUT2D eigenvalue weighted by Gasteiger charge is 2.32.